The van der Waals surface area contributed by atoms with Crippen molar-refractivity contribution in [3.8, 4) is 17.5 Å². The van der Waals surface area contributed by atoms with Gasteiger partial charge in [-0.2, -0.15) is 0 Å². The molecule has 0 bridgehead atoms. The summed E-state index contributed by atoms with van der Waals surface area (Å²) in [6.45, 7) is 7.11. The summed E-state index contributed by atoms with van der Waals surface area (Å²) in [5, 5.41) is 2.77. The van der Waals surface area contributed by atoms with Crippen LogP contribution in [0.5, 0.6) is 17.5 Å². The first-order valence-electron chi connectivity index (χ1n) is 11.6. The summed E-state index contributed by atoms with van der Waals surface area (Å²) in [4.78, 5) is 46.3. The second-order valence-electron chi connectivity index (χ2n) is 9.14. The highest BCUT2D eigenvalue weighted by Crippen LogP contribution is 2.25. The summed E-state index contributed by atoms with van der Waals surface area (Å²) in [7, 11) is 1.48. The third-order valence-electron chi connectivity index (χ3n) is 6.08. The van der Waals surface area contributed by atoms with Crippen LogP contribution >= 0.6 is 0 Å². The maximum atomic E-state index is 13.1. The minimum absolute atomic E-state index is 0.210. The zero-order chi connectivity index (χ0) is 26.6. The summed E-state index contributed by atoms with van der Waals surface area (Å²) in [5.74, 6) is 0.388. The molecule has 2 amide bonds. The summed E-state index contributed by atoms with van der Waals surface area (Å²) in [6, 6.07) is 5.04. The van der Waals surface area contributed by atoms with E-state index in [4.69, 9.17) is 9.47 Å². The van der Waals surface area contributed by atoms with Gasteiger partial charge in [-0.1, -0.05) is 0 Å². The predicted octanol–water partition coefficient (Wildman–Crippen LogP) is 2.77. The Morgan fingerprint density at radius 1 is 1.00 bits per heavy atom. The van der Waals surface area contributed by atoms with Gasteiger partial charge >= 0.3 is 0 Å². The molecule has 0 aliphatic carbocycles. The quantitative estimate of drug-likeness (QED) is 0.512. The van der Waals surface area contributed by atoms with Crippen LogP contribution in [0.2, 0.25) is 0 Å². The van der Waals surface area contributed by atoms with E-state index in [1.165, 1.54) is 56.2 Å². The maximum Gasteiger partial charge on any atom is 0.274 e. The average molecular weight is 510 g/mol. The summed E-state index contributed by atoms with van der Waals surface area (Å²) in [5.41, 5.74) is -0.316. The van der Waals surface area contributed by atoms with Crippen molar-refractivity contribution in [1.82, 2.24) is 29.7 Å². The van der Waals surface area contributed by atoms with E-state index in [1.54, 1.807) is 11.8 Å². The molecule has 0 radical (unpaired) electrons. The Kier molecular flexibility index (Phi) is 7.58. The van der Waals surface area contributed by atoms with E-state index in [-0.39, 0.29) is 35.0 Å². The van der Waals surface area contributed by atoms with Crippen molar-refractivity contribution in [2.45, 2.75) is 32.4 Å². The number of nitrogens with zero attached hydrogens (tertiary/aromatic N) is 6. The van der Waals surface area contributed by atoms with Gasteiger partial charge in [0.15, 0.2) is 5.82 Å². The first-order chi connectivity index (χ1) is 17.7. The molecule has 1 atom stereocenters. The molecule has 1 aromatic carbocycles. The number of hydrogen-bond donors (Lipinski definition) is 1. The van der Waals surface area contributed by atoms with Crippen molar-refractivity contribution < 1.29 is 23.5 Å². The van der Waals surface area contributed by atoms with Crippen molar-refractivity contribution in [2.75, 3.05) is 32.1 Å². The van der Waals surface area contributed by atoms with Crippen LogP contribution in [-0.2, 0) is 4.79 Å². The smallest absolute Gasteiger partial charge is 0.274 e. The molecule has 1 N–H and O–H groups in total. The molecule has 11 nitrogen and oxygen atoms in total. The molecule has 1 saturated heterocycles. The molecule has 37 heavy (non-hydrogen) atoms. The van der Waals surface area contributed by atoms with E-state index in [2.05, 4.69) is 25.3 Å². The van der Waals surface area contributed by atoms with Gasteiger partial charge in [-0.15, -0.1) is 0 Å². The molecule has 0 unspecified atom stereocenters. The standard InChI is InChI=1S/C25H28FN7O4/c1-16(23(34)31-20-12-30-22(14-28-20)37-18-7-5-17(26)6-8-18)32-9-10-33(25(2,3)15-32)24(35)19-11-29-21(36-4)13-27-19/h5-8,11-14,16H,9-10,15H2,1-4H3,(H,28,31,34)/t16-/m0/s1. The van der Waals surface area contributed by atoms with Gasteiger partial charge in [0.2, 0.25) is 17.7 Å². The number of anilines is 1. The van der Waals surface area contributed by atoms with Crippen LogP contribution < -0.4 is 14.8 Å². The van der Waals surface area contributed by atoms with Crippen LogP contribution in [0.25, 0.3) is 0 Å². The predicted molar refractivity (Wildman–Crippen MR) is 132 cm³/mol. The molecular weight excluding hydrogens is 481 g/mol. The fraction of sp³-hybridized carbons (Fsp3) is 0.360. The largest absolute Gasteiger partial charge is 0.480 e. The lowest BCUT2D eigenvalue weighted by molar-refractivity contribution is -0.122. The number of halogens is 1. The second-order valence-corrected chi connectivity index (χ2v) is 9.14. The number of aromatic nitrogens is 4. The number of amides is 2. The Bertz CT molecular complexity index is 1240. The molecule has 12 heteroatoms. The van der Waals surface area contributed by atoms with E-state index >= 15 is 0 Å². The van der Waals surface area contributed by atoms with Gasteiger partial charge in [-0.05, 0) is 45.0 Å². The van der Waals surface area contributed by atoms with Gasteiger partial charge in [0.25, 0.3) is 5.91 Å². The number of benzene rings is 1. The number of methoxy groups -OCH3 is 1. The third kappa shape index (κ3) is 6.15. The number of hydrogen-bond acceptors (Lipinski definition) is 9. The van der Waals surface area contributed by atoms with Gasteiger partial charge in [-0.3, -0.25) is 14.5 Å². The van der Waals surface area contributed by atoms with Gasteiger partial charge in [0.1, 0.15) is 17.3 Å². The van der Waals surface area contributed by atoms with E-state index in [0.717, 1.165) is 0 Å². The van der Waals surface area contributed by atoms with Crippen molar-refractivity contribution >= 4 is 17.6 Å². The highest BCUT2D eigenvalue weighted by Gasteiger charge is 2.40. The highest BCUT2D eigenvalue weighted by atomic mass is 19.1. The molecule has 194 valence electrons. The van der Waals surface area contributed by atoms with Crippen LogP contribution in [0.4, 0.5) is 10.2 Å². The van der Waals surface area contributed by atoms with Gasteiger partial charge < -0.3 is 19.7 Å². The minimum atomic E-state index is -0.551. The molecule has 0 saturated carbocycles. The van der Waals surface area contributed by atoms with Crippen LogP contribution in [0.3, 0.4) is 0 Å². The van der Waals surface area contributed by atoms with E-state index in [0.29, 0.717) is 31.3 Å². The zero-order valence-corrected chi connectivity index (χ0v) is 21.0. The molecule has 0 spiro atoms. The Balaban J connectivity index is 1.33. The topological polar surface area (TPSA) is 123 Å². The lowest BCUT2D eigenvalue weighted by atomic mass is 9.97. The zero-order valence-electron chi connectivity index (χ0n) is 21.0. The molecule has 1 aliphatic heterocycles. The number of piperazine rings is 1. The van der Waals surface area contributed by atoms with Crippen LogP contribution in [0, 0.1) is 5.82 Å². The highest BCUT2D eigenvalue weighted by molar-refractivity contribution is 5.94. The number of nitrogens with one attached hydrogen (secondary N) is 1. The molecule has 3 aromatic rings. The average Bonchev–Trinajstić information content (AvgIpc) is 2.89. The van der Waals surface area contributed by atoms with Crippen molar-refractivity contribution in [3.63, 3.8) is 0 Å². The van der Waals surface area contributed by atoms with Crippen LogP contribution in [-0.4, -0.2) is 79.9 Å². The minimum Gasteiger partial charge on any atom is -0.480 e. The molecule has 1 fully saturated rings. The third-order valence-corrected chi connectivity index (χ3v) is 6.08. The fourth-order valence-electron chi connectivity index (χ4n) is 4.02. The van der Waals surface area contributed by atoms with Crippen LogP contribution in [0.1, 0.15) is 31.3 Å². The number of carbonyl (C=O) groups is 2. The Hall–Kier alpha value is -4.19. The summed E-state index contributed by atoms with van der Waals surface area (Å²) >= 11 is 0. The lowest BCUT2D eigenvalue weighted by Gasteiger charge is -2.48. The second kappa shape index (κ2) is 10.8. The van der Waals surface area contributed by atoms with Crippen molar-refractivity contribution in [3.05, 3.63) is 60.6 Å². The fourth-order valence-corrected chi connectivity index (χ4v) is 4.02. The Morgan fingerprint density at radius 2 is 1.70 bits per heavy atom. The molecular formula is C25H28FN7O4. The lowest BCUT2D eigenvalue weighted by Crippen LogP contribution is -2.63. The van der Waals surface area contributed by atoms with E-state index < -0.39 is 11.6 Å². The van der Waals surface area contributed by atoms with E-state index in [1.807, 2.05) is 18.7 Å². The molecule has 1 aliphatic rings. The summed E-state index contributed by atoms with van der Waals surface area (Å²) < 4.78 is 23.6. The molecule has 3 heterocycles. The van der Waals surface area contributed by atoms with Gasteiger partial charge in [0.05, 0.1) is 43.5 Å². The SMILES string of the molecule is COc1cnc(C(=O)N2CCN([C@@H](C)C(=O)Nc3cnc(Oc4ccc(F)cc4)cn3)CC2(C)C)cn1. The molecule has 4 rings (SSSR count). The monoisotopic (exact) mass is 509 g/mol. The number of rotatable bonds is 7. The van der Waals surface area contributed by atoms with E-state index in [9.17, 15) is 14.0 Å². The normalized spacial score (nSPS) is 16.1. The van der Waals surface area contributed by atoms with Crippen LogP contribution in [0.15, 0.2) is 49.1 Å². The first-order valence-corrected chi connectivity index (χ1v) is 11.6. The first kappa shape index (κ1) is 25.9. The molecule has 2 aromatic heterocycles. The maximum absolute atomic E-state index is 13.1. The summed E-state index contributed by atoms with van der Waals surface area (Å²) in [6.07, 6.45) is 5.57. The number of carbonyl (C=O) groups excluding carboxylic acids is 2. The Labute approximate surface area is 213 Å². The van der Waals surface area contributed by atoms with Crippen molar-refractivity contribution in [2.24, 2.45) is 0 Å². The number of ether oxygens (including phenoxy) is 2. The Morgan fingerprint density at radius 3 is 2.30 bits per heavy atom. The van der Waals surface area contributed by atoms with Crippen molar-refractivity contribution in [1.29, 1.82) is 0 Å². The van der Waals surface area contributed by atoms with Gasteiger partial charge in [0, 0.05) is 19.6 Å². The van der Waals surface area contributed by atoms with Gasteiger partial charge in [-0.25, -0.2) is 24.3 Å².